The Labute approximate surface area is 374 Å². The zero-order valence-corrected chi connectivity index (χ0v) is 37.3. The molecular weight excluding hydrogens is 823 g/mol. The van der Waals surface area contributed by atoms with E-state index >= 15 is 0 Å². The number of para-hydroxylation sites is 1. The summed E-state index contributed by atoms with van der Waals surface area (Å²) in [6.45, 7) is 6.37. The number of rotatable bonds is 17. The summed E-state index contributed by atoms with van der Waals surface area (Å²) in [4.78, 5) is 26.9. The molecular formula is C50H56Cl2N4O6. The number of pyridine rings is 1. The summed E-state index contributed by atoms with van der Waals surface area (Å²) in [5, 5.41) is 15.3. The third-order valence-electron chi connectivity index (χ3n) is 13.3. The van der Waals surface area contributed by atoms with Crippen molar-refractivity contribution in [3.05, 3.63) is 123 Å². The molecule has 326 valence electrons. The maximum atomic E-state index is 13.1. The van der Waals surface area contributed by atoms with Crippen LogP contribution in [0.3, 0.4) is 0 Å². The van der Waals surface area contributed by atoms with E-state index in [9.17, 15) is 9.90 Å². The Kier molecular flexibility index (Phi) is 13.6. The lowest BCUT2D eigenvalue weighted by atomic mass is 9.59. The number of carbonyl (C=O) groups is 1. The Morgan fingerprint density at radius 1 is 0.935 bits per heavy atom. The number of carboxylic acids is 1. The second kappa shape index (κ2) is 19.2. The van der Waals surface area contributed by atoms with E-state index in [2.05, 4.69) is 41.3 Å². The molecule has 5 aromatic rings. The number of aliphatic carboxylic acids is 1. The molecule has 12 heteroatoms. The zero-order valence-electron chi connectivity index (χ0n) is 35.8. The average Bonchev–Trinajstić information content (AvgIpc) is 3.54. The molecule has 0 bridgehead atoms. The van der Waals surface area contributed by atoms with E-state index in [4.69, 9.17) is 47.1 Å². The second-order valence-electron chi connectivity index (χ2n) is 17.5. The Bertz CT molecular complexity index is 2370. The lowest BCUT2D eigenvalue weighted by Gasteiger charge is -2.47. The zero-order chi connectivity index (χ0) is 43.3. The molecule has 0 aliphatic heterocycles. The predicted molar refractivity (Wildman–Crippen MR) is 243 cm³/mol. The van der Waals surface area contributed by atoms with Crippen LogP contribution in [0.5, 0.6) is 17.2 Å². The lowest BCUT2D eigenvalue weighted by molar-refractivity contribution is -0.144. The van der Waals surface area contributed by atoms with Crippen molar-refractivity contribution in [2.45, 2.75) is 102 Å². The van der Waals surface area contributed by atoms with E-state index in [1.807, 2.05) is 54.7 Å². The van der Waals surface area contributed by atoms with Crippen LogP contribution in [-0.2, 0) is 34.4 Å². The minimum absolute atomic E-state index is 0.255. The molecule has 62 heavy (non-hydrogen) atoms. The first-order valence-electron chi connectivity index (χ1n) is 21.9. The fourth-order valence-corrected chi connectivity index (χ4v) is 10.6. The second-order valence-corrected chi connectivity index (χ2v) is 18.3. The van der Waals surface area contributed by atoms with Crippen molar-refractivity contribution in [2.24, 2.45) is 11.8 Å². The SMILES string of the molecule is COc1ccccc1-c1nccc(COCCCOc2cc3c(cc2Cl)C[C@H](C[C@@H](C)COc2ccnc4c2[C@H](C)CCC4)C32CCC(Nc3cccc(Cl)c3)(C(=O)O)CC2)n1. The van der Waals surface area contributed by atoms with Gasteiger partial charge in [-0.25, -0.2) is 14.8 Å². The van der Waals surface area contributed by atoms with Crippen LogP contribution in [0.15, 0.2) is 85.2 Å². The average molecular weight is 880 g/mol. The van der Waals surface area contributed by atoms with Gasteiger partial charge in [-0.2, -0.15) is 0 Å². The largest absolute Gasteiger partial charge is 0.496 e. The summed E-state index contributed by atoms with van der Waals surface area (Å²) in [6.07, 6.45) is 11.7. The summed E-state index contributed by atoms with van der Waals surface area (Å²) in [6, 6.07) is 23.1. The van der Waals surface area contributed by atoms with Crippen molar-refractivity contribution in [3.63, 3.8) is 0 Å². The molecule has 1 saturated carbocycles. The highest BCUT2D eigenvalue weighted by molar-refractivity contribution is 6.32. The number of nitrogens with one attached hydrogen (secondary N) is 1. The predicted octanol–water partition coefficient (Wildman–Crippen LogP) is 11.3. The molecule has 3 aliphatic carbocycles. The highest BCUT2D eigenvalue weighted by Gasteiger charge is 2.54. The minimum Gasteiger partial charge on any atom is -0.496 e. The highest BCUT2D eigenvalue weighted by atomic mass is 35.5. The van der Waals surface area contributed by atoms with E-state index in [0.29, 0.717) is 97.5 Å². The number of carboxylic acid groups (broad SMARTS) is 1. The van der Waals surface area contributed by atoms with Gasteiger partial charge in [0, 0.05) is 40.8 Å². The van der Waals surface area contributed by atoms with Gasteiger partial charge in [0.15, 0.2) is 5.82 Å². The van der Waals surface area contributed by atoms with Crippen LogP contribution < -0.4 is 19.5 Å². The molecule has 10 nitrogen and oxygen atoms in total. The maximum Gasteiger partial charge on any atom is 0.329 e. The number of ether oxygens (including phenoxy) is 4. The molecule has 0 unspecified atom stereocenters. The van der Waals surface area contributed by atoms with Crippen molar-refractivity contribution in [3.8, 4) is 28.6 Å². The summed E-state index contributed by atoms with van der Waals surface area (Å²) in [7, 11) is 1.64. The van der Waals surface area contributed by atoms with Gasteiger partial charge in [-0.3, -0.25) is 4.98 Å². The van der Waals surface area contributed by atoms with Crippen molar-refractivity contribution < 1.29 is 28.8 Å². The Hall–Kier alpha value is -4.90. The topological polar surface area (TPSA) is 125 Å². The van der Waals surface area contributed by atoms with Gasteiger partial charge in [-0.05, 0) is 147 Å². The van der Waals surface area contributed by atoms with Gasteiger partial charge in [0.05, 0.1) is 49.8 Å². The van der Waals surface area contributed by atoms with Crippen molar-refractivity contribution >= 4 is 34.9 Å². The first-order chi connectivity index (χ1) is 30.1. The third-order valence-corrected chi connectivity index (χ3v) is 13.9. The van der Waals surface area contributed by atoms with E-state index < -0.39 is 11.5 Å². The van der Waals surface area contributed by atoms with E-state index in [1.54, 1.807) is 25.4 Å². The lowest BCUT2D eigenvalue weighted by Crippen LogP contribution is -2.53. The molecule has 1 spiro atoms. The highest BCUT2D eigenvalue weighted by Crippen LogP contribution is 2.57. The molecule has 0 radical (unpaired) electrons. The quantitative estimate of drug-likeness (QED) is 0.0872. The van der Waals surface area contributed by atoms with E-state index in [0.717, 1.165) is 49.1 Å². The van der Waals surface area contributed by atoms with Gasteiger partial charge in [0.1, 0.15) is 22.8 Å². The fraction of sp³-hybridized carbons (Fsp3) is 0.440. The molecule has 3 aliphatic rings. The first-order valence-corrected chi connectivity index (χ1v) is 22.7. The molecule has 2 aromatic heterocycles. The van der Waals surface area contributed by atoms with Crippen LogP contribution in [0, 0.1) is 11.8 Å². The van der Waals surface area contributed by atoms with Crippen LogP contribution in [0.1, 0.15) is 99.2 Å². The Morgan fingerprint density at radius 2 is 1.76 bits per heavy atom. The van der Waals surface area contributed by atoms with Gasteiger partial charge < -0.3 is 29.4 Å². The van der Waals surface area contributed by atoms with Crippen LogP contribution in [0.4, 0.5) is 5.69 Å². The number of benzene rings is 3. The number of fused-ring (bicyclic) bond motifs is 3. The smallest absolute Gasteiger partial charge is 0.329 e. The van der Waals surface area contributed by atoms with E-state index in [1.165, 1.54) is 22.4 Å². The molecule has 2 heterocycles. The van der Waals surface area contributed by atoms with Gasteiger partial charge in [-0.1, -0.05) is 55.2 Å². The van der Waals surface area contributed by atoms with Crippen LogP contribution in [0.2, 0.25) is 10.0 Å². The molecule has 1 fully saturated rings. The van der Waals surface area contributed by atoms with Gasteiger partial charge in [-0.15, -0.1) is 0 Å². The molecule has 3 aromatic carbocycles. The fourth-order valence-electron chi connectivity index (χ4n) is 10.2. The van der Waals surface area contributed by atoms with Gasteiger partial charge in [0.2, 0.25) is 0 Å². The van der Waals surface area contributed by atoms with Crippen molar-refractivity contribution in [2.75, 3.05) is 32.2 Å². The number of anilines is 1. The molecule has 0 saturated heterocycles. The molecule has 0 amide bonds. The monoisotopic (exact) mass is 878 g/mol. The molecule has 3 atom stereocenters. The molecule has 8 rings (SSSR count). The number of methoxy groups -OCH3 is 1. The van der Waals surface area contributed by atoms with Crippen molar-refractivity contribution in [1.29, 1.82) is 0 Å². The summed E-state index contributed by atoms with van der Waals surface area (Å²) in [5.41, 5.74) is 5.79. The van der Waals surface area contributed by atoms with Crippen molar-refractivity contribution in [1.82, 2.24) is 15.0 Å². The normalized spacial score (nSPS) is 22.1. The summed E-state index contributed by atoms with van der Waals surface area (Å²) >= 11 is 13.3. The van der Waals surface area contributed by atoms with Gasteiger partial charge in [0.25, 0.3) is 0 Å². The maximum absolute atomic E-state index is 13.1. The van der Waals surface area contributed by atoms with Crippen LogP contribution in [0.25, 0.3) is 11.4 Å². The number of nitrogens with zero attached hydrogens (tertiary/aromatic N) is 3. The first kappa shape index (κ1) is 43.7. The van der Waals surface area contributed by atoms with Gasteiger partial charge >= 0.3 is 5.97 Å². The Balaban J connectivity index is 0.955. The number of aryl methyl sites for hydroxylation is 1. The standard InChI is InChI=1S/C50H56Cl2N4O6/c1-32(30-62-44-16-22-53-42-13-6-9-33(2)46(42)44)25-35-26-34-27-41(52)45(61-24-8-23-60-31-38-15-21-54-47(55-38)39-12-4-5-14-43(39)59-3)29-40(34)49(35)17-19-50(20-18-49,48(57)58)56-37-11-7-10-36(51)28-37/h4-5,7,10-12,14-16,21-22,27-29,32-33,35,56H,6,8-9,13,17-20,23-26,30-31H2,1-3H3,(H,57,58)/t32-,33-,35+,49?,50?/m1/s1. The number of hydrogen-bond donors (Lipinski definition) is 2. The van der Waals surface area contributed by atoms with Crippen LogP contribution in [-0.4, -0.2) is 58.5 Å². The summed E-state index contributed by atoms with van der Waals surface area (Å²) < 4.78 is 24.5. The number of halogens is 2. The third kappa shape index (κ3) is 9.38. The molecule has 2 N–H and O–H groups in total. The van der Waals surface area contributed by atoms with E-state index in [-0.39, 0.29) is 17.3 Å². The number of hydrogen-bond acceptors (Lipinski definition) is 9. The number of aromatic nitrogens is 3. The Morgan fingerprint density at radius 3 is 2.56 bits per heavy atom. The summed E-state index contributed by atoms with van der Waals surface area (Å²) in [5.74, 6) is 3.00. The minimum atomic E-state index is -1.12. The van der Waals surface area contributed by atoms with Crippen LogP contribution >= 0.6 is 23.2 Å².